The Balaban J connectivity index is 0.000000369. The molecule has 44 heavy (non-hydrogen) atoms. The zero-order chi connectivity index (χ0) is 32.6. The molecule has 19 nitrogen and oxygen atoms in total. The number of rotatable bonds is 10. The van der Waals surface area contributed by atoms with Crippen molar-refractivity contribution >= 4 is 46.7 Å². The van der Waals surface area contributed by atoms with Gasteiger partial charge in [0.25, 0.3) is 11.5 Å². The molecule has 0 bridgehead atoms. The van der Waals surface area contributed by atoms with Crippen molar-refractivity contribution < 1.29 is 49.8 Å². The highest BCUT2D eigenvalue weighted by Crippen LogP contribution is 2.21. The summed E-state index contributed by atoms with van der Waals surface area (Å²) in [7, 11) is 0. The van der Waals surface area contributed by atoms with Crippen LogP contribution in [0.4, 0.5) is 23.1 Å². The molecule has 1 saturated heterocycles. The van der Waals surface area contributed by atoms with Gasteiger partial charge in [-0.25, -0.2) is 9.79 Å². The first kappa shape index (κ1) is 33.8. The Morgan fingerprint density at radius 2 is 1.80 bits per heavy atom. The molecule has 0 aliphatic carbocycles. The van der Waals surface area contributed by atoms with Crippen LogP contribution in [-0.4, -0.2) is 121 Å². The second kappa shape index (κ2) is 15.2. The predicted octanol–water partition coefficient (Wildman–Crippen LogP) is -3.24. The highest BCUT2D eigenvalue weighted by atomic mass is 16.6. The van der Waals surface area contributed by atoms with Gasteiger partial charge in [0, 0.05) is 17.7 Å². The van der Waals surface area contributed by atoms with Crippen LogP contribution in [-0.2, 0) is 14.3 Å². The minimum Gasteiger partial charge on any atom is -0.481 e. The largest absolute Gasteiger partial charge is 0.481 e. The molecule has 1 fully saturated rings. The van der Waals surface area contributed by atoms with Crippen LogP contribution in [0.15, 0.2) is 34.1 Å². The first-order valence-electron chi connectivity index (χ1n) is 13.2. The Morgan fingerprint density at radius 1 is 1.11 bits per heavy atom. The number of carboxylic acid groups (broad SMARTS) is 2. The Morgan fingerprint density at radius 3 is 2.41 bits per heavy atom. The molecule has 1 amide bonds. The number of H-pyrrole nitrogens is 1. The Bertz CT molecular complexity index is 1410. The number of aliphatic hydroxyl groups is 4. The van der Waals surface area contributed by atoms with Crippen molar-refractivity contribution in [2.24, 2.45) is 10.7 Å². The van der Waals surface area contributed by atoms with Crippen molar-refractivity contribution in [3.8, 4) is 0 Å². The zero-order valence-electron chi connectivity index (χ0n) is 23.1. The average Bonchev–Trinajstić information content (AvgIpc) is 2.99. The number of aliphatic imine (C=N–C) groups is 1. The number of nitrogen functional groups attached to an aromatic ring is 1. The van der Waals surface area contributed by atoms with Gasteiger partial charge in [0.05, 0.1) is 31.4 Å². The van der Waals surface area contributed by atoms with E-state index in [0.717, 1.165) is 0 Å². The van der Waals surface area contributed by atoms with Crippen LogP contribution in [0.1, 0.15) is 23.2 Å². The number of nitrogens with one attached hydrogen (secondary N) is 4. The van der Waals surface area contributed by atoms with E-state index in [1.54, 1.807) is 12.1 Å². The number of aromatic amines is 1. The molecule has 2 aliphatic heterocycles. The topological polar surface area (TPSA) is 328 Å². The number of nitrogens with zero attached hydrogens (tertiary/aromatic N) is 2. The molecule has 2 aliphatic rings. The van der Waals surface area contributed by atoms with E-state index in [2.05, 4.69) is 30.9 Å². The van der Waals surface area contributed by atoms with Gasteiger partial charge >= 0.3 is 11.9 Å². The van der Waals surface area contributed by atoms with Crippen LogP contribution < -0.4 is 33.0 Å². The van der Waals surface area contributed by atoms with E-state index in [0.29, 0.717) is 30.3 Å². The number of ether oxygens (including phenoxy) is 1. The molecule has 6 atom stereocenters. The minimum atomic E-state index is -1.35. The van der Waals surface area contributed by atoms with Crippen LogP contribution in [0.25, 0.3) is 0 Å². The molecule has 4 rings (SSSR count). The fourth-order valence-electron chi connectivity index (χ4n) is 4.02. The standard InChI is InChI=1S/C19H21N7O6.C6H13NO5/c20-19-25-15-14(17(30)26-19)23-11(8-22-15)7-21-10-3-1-9(2-4-10)16(29)24-12(18(31)32)5-6-13(27)28;7-3-5(10)4(9)2(1-8)12-6(3)11/h1-4,12,21H,5-8H2,(H,24,29)(H,27,28)(H,31,32)(H4,20,22,25,26,30);2-6,8-11H,1,7H2/t12-;2-,3-,4-,5-,6?/m01/s1. The summed E-state index contributed by atoms with van der Waals surface area (Å²) in [5.74, 6) is -2.77. The third kappa shape index (κ3) is 8.92. The maximum atomic E-state index is 12.3. The number of carbonyl (C=O) groups is 3. The summed E-state index contributed by atoms with van der Waals surface area (Å²) in [4.78, 5) is 56.7. The monoisotopic (exact) mass is 622 g/mol. The van der Waals surface area contributed by atoms with Gasteiger partial charge in [-0.15, -0.1) is 0 Å². The Kier molecular flexibility index (Phi) is 11.7. The van der Waals surface area contributed by atoms with Gasteiger partial charge in [-0.1, -0.05) is 0 Å². The quantitative estimate of drug-likeness (QED) is 0.124. The molecular weight excluding hydrogens is 588 g/mol. The number of carbonyl (C=O) groups excluding carboxylic acids is 1. The number of amides is 1. The fourth-order valence-corrected chi connectivity index (χ4v) is 4.02. The second-order valence-corrected chi connectivity index (χ2v) is 9.71. The summed E-state index contributed by atoms with van der Waals surface area (Å²) in [5.41, 5.74) is 12.0. The summed E-state index contributed by atoms with van der Waals surface area (Å²) in [5, 5.41) is 62.3. The molecule has 2 aromatic rings. The van der Waals surface area contributed by atoms with Crippen molar-refractivity contribution in [3.05, 3.63) is 40.2 Å². The summed E-state index contributed by atoms with van der Waals surface area (Å²) >= 11 is 0. The highest BCUT2D eigenvalue weighted by molar-refractivity contribution is 5.98. The van der Waals surface area contributed by atoms with E-state index in [1.807, 2.05) is 0 Å². The maximum Gasteiger partial charge on any atom is 0.326 e. The van der Waals surface area contributed by atoms with Gasteiger partial charge in [-0.05, 0) is 30.7 Å². The Labute approximate surface area is 248 Å². The van der Waals surface area contributed by atoms with Gasteiger partial charge in [-0.2, -0.15) is 4.98 Å². The summed E-state index contributed by atoms with van der Waals surface area (Å²) < 4.78 is 4.70. The lowest BCUT2D eigenvalue weighted by atomic mass is 9.98. The van der Waals surface area contributed by atoms with Gasteiger partial charge in [0.2, 0.25) is 5.95 Å². The van der Waals surface area contributed by atoms with E-state index < -0.39 is 66.7 Å². The SMILES string of the molecule is N[C@H]1C(O)O[C@H](CO)[C@@H](O)[C@@H]1O.Nc1nc2c(c(=O)[nH]1)N=C(CNc1ccc(C(=O)N[C@@H](CCC(=O)O)C(=O)O)cc1)CN2. The number of hydrogen-bond donors (Lipinski definition) is 12. The van der Waals surface area contributed by atoms with Crippen molar-refractivity contribution in [3.63, 3.8) is 0 Å². The van der Waals surface area contributed by atoms with Crippen molar-refractivity contribution in [1.29, 1.82) is 0 Å². The molecule has 1 unspecified atom stereocenters. The van der Waals surface area contributed by atoms with Crippen molar-refractivity contribution in [1.82, 2.24) is 15.3 Å². The van der Waals surface area contributed by atoms with Gasteiger partial charge < -0.3 is 62.8 Å². The second-order valence-electron chi connectivity index (χ2n) is 9.71. The first-order chi connectivity index (χ1) is 20.8. The van der Waals surface area contributed by atoms with Crippen molar-refractivity contribution in [2.45, 2.75) is 49.5 Å². The van der Waals surface area contributed by atoms with Crippen LogP contribution in [0.5, 0.6) is 0 Å². The van der Waals surface area contributed by atoms with Crippen LogP contribution in [0.2, 0.25) is 0 Å². The molecule has 14 N–H and O–H groups in total. The summed E-state index contributed by atoms with van der Waals surface area (Å²) in [6, 6.07) is 3.92. The third-order valence-corrected chi connectivity index (χ3v) is 6.49. The van der Waals surface area contributed by atoms with E-state index in [4.69, 9.17) is 36.6 Å². The van der Waals surface area contributed by atoms with Gasteiger partial charge in [0.15, 0.2) is 17.8 Å². The molecule has 0 spiro atoms. The number of aliphatic carboxylic acids is 2. The lowest BCUT2D eigenvalue weighted by Crippen LogP contribution is -2.61. The molecular formula is C25H34N8O11. The first-order valence-corrected chi connectivity index (χ1v) is 13.2. The average molecular weight is 623 g/mol. The molecule has 0 saturated carbocycles. The maximum absolute atomic E-state index is 12.3. The number of benzene rings is 1. The molecule has 1 aromatic heterocycles. The van der Waals surface area contributed by atoms with Gasteiger partial charge in [0.1, 0.15) is 24.4 Å². The third-order valence-electron chi connectivity index (χ3n) is 6.49. The molecule has 1 aromatic carbocycles. The molecule has 240 valence electrons. The number of aromatic nitrogens is 2. The predicted molar refractivity (Wildman–Crippen MR) is 154 cm³/mol. The van der Waals surface area contributed by atoms with E-state index in [9.17, 15) is 29.4 Å². The zero-order valence-corrected chi connectivity index (χ0v) is 23.1. The van der Waals surface area contributed by atoms with Crippen LogP contribution in [0, 0.1) is 0 Å². The molecule has 3 heterocycles. The van der Waals surface area contributed by atoms with Crippen LogP contribution >= 0.6 is 0 Å². The summed E-state index contributed by atoms with van der Waals surface area (Å²) in [6.07, 6.45) is -5.45. The number of aliphatic hydroxyl groups excluding tert-OH is 4. The van der Waals surface area contributed by atoms with Crippen molar-refractivity contribution in [2.75, 3.05) is 36.1 Å². The van der Waals surface area contributed by atoms with E-state index in [-0.39, 0.29) is 30.0 Å². The minimum absolute atomic E-state index is 0.00119. The molecule has 0 radical (unpaired) electrons. The lowest BCUT2D eigenvalue weighted by molar-refractivity contribution is -0.248. The number of hydrogen-bond acceptors (Lipinski definition) is 15. The smallest absolute Gasteiger partial charge is 0.326 e. The van der Waals surface area contributed by atoms with E-state index >= 15 is 0 Å². The van der Waals surface area contributed by atoms with Gasteiger partial charge in [-0.3, -0.25) is 19.4 Å². The number of fused-ring (bicyclic) bond motifs is 1. The van der Waals surface area contributed by atoms with E-state index in [1.165, 1.54) is 12.1 Å². The summed E-state index contributed by atoms with van der Waals surface area (Å²) in [6.45, 7) is 0.212. The highest BCUT2D eigenvalue weighted by Gasteiger charge is 2.41. The number of nitrogens with two attached hydrogens (primary N) is 2. The lowest BCUT2D eigenvalue weighted by Gasteiger charge is -2.38. The normalized spacial score (nSPS) is 23.0. The number of anilines is 3. The van der Waals surface area contributed by atoms with Crippen LogP contribution in [0.3, 0.4) is 0 Å². The Hall–Kier alpha value is -4.66. The number of carboxylic acids is 2. The fraction of sp³-hybridized carbons (Fsp3) is 0.440. The molecule has 19 heteroatoms.